The summed E-state index contributed by atoms with van der Waals surface area (Å²) in [6.45, 7) is 0.745. The van der Waals surface area contributed by atoms with Crippen molar-refractivity contribution in [1.82, 2.24) is 0 Å². The predicted octanol–water partition coefficient (Wildman–Crippen LogP) is -0.592. The Kier molecular flexibility index (Phi) is 1.50. The van der Waals surface area contributed by atoms with Crippen molar-refractivity contribution in [2.24, 2.45) is 5.92 Å². The van der Waals surface area contributed by atoms with E-state index >= 15 is 0 Å². The maximum Gasteiger partial charge on any atom is 0.240 e. The van der Waals surface area contributed by atoms with Gasteiger partial charge in [-0.15, -0.1) is 0 Å². The number of hydrogen-bond acceptors (Lipinski definition) is 3. The molecule has 10 heavy (non-hydrogen) atoms. The van der Waals surface area contributed by atoms with Gasteiger partial charge in [0.2, 0.25) is 5.85 Å². The van der Waals surface area contributed by atoms with Crippen LogP contribution in [0.2, 0.25) is 0 Å². The lowest BCUT2D eigenvalue weighted by Gasteiger charge is -2.50. The molecule has 4 heteroatoms. The Bertz CT molecular complexity index is 145. The van der Waals surface area contributed by atoms with Crippen molar-refractivity contribution in [2.75, 3.05) is 6.61 Å². The van der Waals surface area contributed by atoms with Gasteiger partial charge < -0.3 is 15.3 Å². The Morgan fingerprint density at radius 1 is 1.60 bits per heavy atom. The molecule has 3 nitrogen and oxygen atoms in total. The molecule has 0 aliphatic heterocycles. The van der Waals surface area contributed by atoms with Crippen molar-refractivity contribution in [3.05, 3.63) is 0 Å². The Morgan fingerprint density at radius 3 is 2.20 bits per heavy atom. The summed E-state index contributed by atoms with van der Waals surface area (Å²) in [5, 5.41) is 26.3. The molecule has 0 aromatic carbocycles. The first kappa shape index (κ1) is 7.91. The second-order valence-corrected chi connectivity index (χ2v) is 2.97. The number of aliphatic hydroxyl groups excluding tert-OH is 1. The van der Waals surface area contributed by atoms with E-state index in [1.54, 1.807) is 0 Å². The molecule has 0 radical (unpaired) electrons. The van der Waals surface area contributed by atoms with Gasteiger partial charge in [-0.25, -0.2) is 4.39 Å². The summed E-state index contributed by atoms with van der Waals surface area (Å²) < 4.78 is 12.8. The normalized spacial score (nSPS) is 54.3. The van der Waals surface area contributed by atoms with E-state index in [0.717, 1.165) is 0 Å². The number of rotatable bonds is 1. The van der Waals surface area contributed by atoms with Crippen LogP contribution in [0.15, 0.2) is 0 Å². The third-order valence-corrected chi connectivity index (χ3v) is 2.21. The monoisotopic (exact) mass is 150 g/mol. The largest absolute Gasteiger partial charge is 0.393 e. The van der Waals surface area contributed by atoms with Crippen molar-refractivity contribution in [3.8, 4) is 0 Å². The predicted molar refractivity (Wildman–Crippen MR) is 31.9 cm³/mol. The fourth-order valence-corrected chi connectivity index (χ4v) is 1.29. The van der Waals surface area contributed by atoms with Gasteiger partial charge in [-0.3, -0.25) is 0 Å². The Balaban J connectivity index is 2.70. The highest BCUT2D eigenvalue weighted by Gasteiger charge is 2.63. The van der Waals surface area contributed by atoms with Gasteiger partial charge in [0, 0.05) is 5.92 Å². The first-order valence-electron chi connectivity index (χ1n) is 3.18. The molecule has 60 valence electrons. The highest BCUT2D eigenvalue weighted by Crippen LogP contribution is 2.47. The summed E-state index contributed by atoms with van der Waals surface area (Å²) in [4.78, 5) is 0. The van der Waals surface area contributed by atoms with Crippen LogP contribution in [0.3, 0.4) is 0 Å². The van der Waals surface area contributed by atoms with Crippen LogP contribution >= 0.6 is 0 Å². The average molecular weight is 150 g/mol. The zero-order valence-corrected chi connectivity index (χ0v) is 5.71. The first-order valence-corrected chi connectivity index (χ1v) is 3.18. The number of alkyl halides is 1. The van der Waals surface area contributed by atoms with Gasteiger partial charge in [0.05, 0.1) is 6.61 Å². The molecule has 0 bridgehead atoms. The van der Waals surface area contributed by atoms with Crippen LogP contribution in [0.25, 0.3) is 0 Å². The van der Waals surface area contributed by atoms with E-state index < -0.39 is 24.0 Å². The standard InChI is InChI=1S/C6H11FO3/c1-4-2-5(9,3-8)6(4,7)10/h4,8-10H,2-3H2,1H3. The van der Waals surface area contributed by atoms with E-state index in [1.165, 1.54) is 6.92 Å². The molecule has 1 aliphatic carbocycles. The molecule has 0 saturated heterocycles. The van der Waals surface area contributed by atoms with Crippen molar-refractivity contribution in [1.29, 1.82) is 0 Å². The van der Waals surface area contributed by atoms with Gasteiger partial charge in [-0.2, -0.15) is 0 Å². The van der Waals surface area contributed by atoms with Crippen molar-refractivity contribution in [3.63, 3.8) is 0 Å². The lowest BCUT2D eigenvalue weighted by atomic mass is 9.67. The highest BCUT2D eigenvalue weighted by atomic mass is 19.2. The van der Waals surface area contributed by atoms with E-state index in [-0.39, 0.29) is 6.42 Å². The molecule has 1 rings (SSSR count). The lowest BCUT2D eigenvalue weighted by molar-refractivity contribution is -0.333. The maximum atomic E-state index is 12.8. The van der Waals surface area contributed by atoms with Gasteiger partial charge in [0.1, 0.15) is 5.60 Å². The number of halogens is 1. The molecule has 3 unspecified atom stereocenters. The lowest BCUT2D eigenvalue weighted by Crippen LogP contribution is -2.67. The maximum absolute atomic E-state index is 12.8. The number of aliphatic hydroxyl groups is 3. The zero-order chi connectivity index (χ0) is 7.99. The molecular formula is C6H11FO3. The summed E-state index contributed by atoms with van der Waals surface area (Å²) in [5.41, 5.74) is -1.92. The van der Waals surface area contributed by atoms with Crippen LogP contribution in [0, 0.1) is 5.92 Å². The minimum atomic E-state index is -2.61. The molecule has 0 spiro atoms. The SMILES string of the molecule is CC1CC(O)(CO)C1(O)F. The Labute approximate surface area is 58.1 Å². The second-order valence-electron chi connectivity index (χ2n) is 2.97. The van der Waals surface area contributed by atoms with Gasteiger partial charge in [0.25, 0.3) is 0 Å². The highest BCUT2D eigenvalue weighted by molar-refractivity contribution is 5.06. The summed E-state index contributed by atoms with van der Waals surface area (Å²) in [6.07, 6.45) is 0.108. The quantitative estimate of drug-likeness (QED) is 0.468. The van der Waals surface area contributed by atoms with Crippen LogP contribution in [-0.4, -0.2) is 33.4 Å². The average Bonchev–Trinajstić information content (AvgIpc) is 1.88. The first-order chi connectivity index (χ1) is 4.44. The zero-order valence-electron chi connectivity index (χ0n) is 5.71. The molecule has 0 aromatic heterocycles. The van der Waals surface area contributed by atoms with Crippen molar-refractivity contribution < 1.29 is 19.7 Å². The van der Waals surface area contributed by atoms with E-state index in [2.05, 4.69) is 0 Å². The molecule has 0 heterocycles. The molecule has 1 aliphatic rings. The smallest absolute Gasteiger partial charge is 0.240 e. The molecule has 0 aromatic rings. The Morgan fingerprint density at radius 2 is 2.10 bits per heavy atom. The minimum Gasteiger partial charge on any atom is -0.393 e. The minimum absolute atomic E-state index is 0.108. The van der Waals surface area contributed by atoms with Gasteiger partial charge in [0.15, 0.2) is 0 Å². The Hall–Kier alpha value is -0.190. The molecule has 1 fully saturated rings. The van der Waals surface area contributed by atoms with Crippen molar-refractivity contribution >= 4 is 0 Å². The van der Waals surface area contributed by atoms with Gasteiger partial charge in [-0.1, -0.05) is 6.92 Å². The van der Waals surface area contributed by atoms with Gasteiger partial charge in [-0.05, 0) is 6.42 Å². The second kappa shape index (κ2) is 1.90. The third-order valence-electron chi connectivity index (χ3n) is 2.21. The number of hydrogen-bond donors (Lipinski definition) is 3. The van der Waals surface area contributed by atoms with Gasteiger partial charge >= 0.3 is 0 Å². The fourth-order valence-electron chi connectivity index (χ4n) is 1.29. The van der Waals surface area contributed by atoms with Crippen LogP contribution in [0.4, 0.5) is 4.39 Å². The molecular weight excluding hydrogens is 139 g/mol. The molecule has 3 N–H and O–H groups in total. The topological polar surface area (TPSA) is 60.7 Å². The van der Waals surface area contributed by atoms with E-state index in [9.17, 15) is 4.39 Å². The molecule has 3 atom stereocenters. The van der Waals surface area contributed by atoms with Crippen LogP contribution < -0.4 is 0 Å². The molecule has 1 saturated carbocycles. The fraction of sp³-hybridized carbons (Fsp3) is 1.00. The van der Waals surface area contributed by atoms with E-state index in [0.29, 0.717) is 0 Å². The van der Waals surface area contributed by atoms with Crippen LogP contribution in [-0.2, 0) is 0 Å². The summed E-state index contributed by atoms with van der Waals surface area (Å²) in [5.74, 6) is -3.20. The summed E-state index contributed by atoms with van der Waals surface area (Å²) >= 11 is 0. The third kappa shape index (κ3) is 0.696. The van der Waals surface area contributed by atoms with Crippen LogP contribution in [0.5, 0.6) is 0 Å². The van der Waals surface area contributed by atoms with Crippen molar-refractivity contribution in [2.45, 2.75) is 24.8 Å². The summed E-state index contributed by atoms with van der Waals surface area (Å²) in [7, 11) is 0. The molecule has 0 amide bonds. The van der Waals surface area contributed by atoms with Crippen LogP contribution in [0.1, 0.15) is 13.3 Å². The van der Waals surface area contributed by atoms with E-state index in [1.807, 2.05) is 0 Å². The summed E-state index contributed by atoms with van der Waals surface area (Å²) in [6, 6.07) is 0. The van der Waals surface area contributed by atoms with E-state index in [4.69, 9.17) is 15.3 Å².